The second kappa shape index (κ2) is 8.25. The van der Waals surface area contributed by atoms with Gasteiger partial charge in [-0.05, 0) is 39.2 Å². The lowest BCUT2D eigenvalue weighted by atomic mass is 9.95. The second-order valence-electron chi connectivity index (χ2n) is 4.19. The van der Waals surface area contributed by atoms with Gasteiger partial charge in [0, 0.05) is 19.3 Å². The minimum Gasteiger partial charge on any atom is -0.382 e. The van der Waals surface area contributed by atoms with Crippen LogP contribution in [0.15, 0.2) is 0 Å². The van der Waals surface area contributed by atoms with Gasteiger partial charge in [-0.2, -0.15) is 0 Å². The van der Waals surface area contributed by atoms with Crippen molar-refractivity contribution in [2.75, 3.05) is 19.8 Å². The van der Waals surface area contributed by atoms with Crippen LogP contribution in [0.5, 0.6) is 0 Å². The summed E-state index contributed by atoms with van der Waals surface area (Å²) in [4.78, 5) is 0. The van der Waals surface area contributed by atoms with Gasteiger partial charge in [0.05, 0.1) is 0 Å². The Morgan fingerprint density at radius 3 is 2.64 bits per heavy atom. The lowest BCUT2D eigenvalue weighted by Crippen LogP contribution is -2.31. The molecule has 0 unspecified atom stereocenters. The van der Waals surface area contributed by atoms with E-state index < -0.39 is 0 Å². The molecule has 1 aliphatic carbocycles. The van der Waals surface area contributed by atoms with Crippen molar-refractivity contribution in [3.8, 4) is 0 Å². The Balaban J connectivity index is 1.82. The third kappa shape index (κ3) is 5.61. The van der Waals surface area contributed by atoms with E-state index in [0.717, 1.165) is 19.3 Å². The standard InChI is InChI=1S/C12H25NO/c1-2-14-11-7-6-10-13-12-8-4-3-5-9-12/h12-13H,2-11H2,1H3. The molecular weight excluding hydrogens is 174 g/mol. The molecule has 0 radical (unpaired) electrons. The first-order valence-corrected chi connectivity index (χ1v) is 6.24. The molecule has 0 aromatic heterocycles. The molecule has 0 aromatic carbocycles. The molecule has 1 aliphatic rings. The monoisotopic (exact) mass is 199 g/mol. The largest absolute Gasteiger partial charge is 0.382 e. The summed E-state index contributed by atoms with van der Waals surface area (Å²) in [6.07, 6.45) is 9.55. The summed E-state index contributed by atoms with van der Waals surface area (Å²) in [6, 6.07) is 0.816. The molecule has 2 nitrogen and oxygen atoms in total. The zero-order valence-corrected chi connectivity index (χ0v) is 9.56. The molecule has 1 fully saturated rings. The molecular formula is C12H25NO. The summed E-state index contributed by atoms with van der Waals surface area (Å²) in [5.41, 5.74) is 0. The van der Waals surface area contributed by atoms with Crippen LogP contribution in [0.1, 0.15) is 51.9 Å². The second-order valence-corrected chi connectivity index (χ2v) is 4.19. The average Bonchev–Trinajstić information content (AvgIpc) is 2.25. The molecule has 1 rings (SSSR count). The Morgan fingerprint density at radius 1 is 1.14 bits per heavy atom. The molecule has 84 valence electrons. The number of nitrogens with one attached hydrogen (secondary N) is 1. The fourth-order valence-electron chi connectivity index (χ4n) is 2.09. The van der Waals surface area contributed by atoms with E-state index in [4.69, 9.17) is 4.74 Å². The van der Waals surface area contributed by atoms with E-state index in [9.17, 15) is 0 Å². The van der Waals surface area contributed by atoms with Gasteiger partial charge in [0.25, 0.3) is 0 Å². The summed E-state index contributed by atoms with van der Waals surface area (Å²) in [5, 5.41) is 3.64. The Kier molecular flexibility index (Phi) is 7.06. The van der Waals surface area contributed by atoms with Crippen LogP contribution >= 0.6 is 0 Å². The highest BCUT2D eigenvalue weighted by atomic mass is 16.5. The molecule has 1 saturated carbocycles. The summed E-state index contributed by atoms with van der Waals surface area (Å²) in [6.45, 7) is 5.02. The highest BCUT2D eigenvalue weighted by molar-refractivity contribution is 4.71. The van der Waals surface area contributed by atoms with Crippen molar-refractivity contribution >= 4 is 0 Å². The van der Waals surface area contributed by atoms with E-state index in [2.05, 4.69) is 12.2 Å². The summed E-state index contributed by atoms with van der Waals surface area (Å²) in [5.74, 6) is 0. The van der Waals surface area contributed by atoms with Gasteiger partial charge in [0.2, 0.25) is 0 Å². The van der Waals surface area contributed by atoms with E-state index in [1.165, 1.54) is 51.5 Å². The van der Waals surface area contributed by atoms with Crippen molar-refractivity contribution in [1.29, 1.82) is 0 Å². The zero-order valence-electron chi connectivity index (χ0n) is 9.56. The van der Waals surface area contributed by atoms with E-state index in [1.54, 1.807) is 0 Å². The molecule has 1 N–H and O–H groups in total. The third-order valence-corrected chi connectivity index (χ3v) is 2.96. The highest BCUT2D eigenvalue weighted by Crippen LogP contribution is 2.17. The minimum atomic E-state index is 0.816. The van der Waals surface area contributed by atoms with Crippen LogP contribution in [0, 0.1) is 0 Å². The molecule has 0 aromatic rings. The summed E-state index contributed by atoms with van der Waals surface area (Å²) in [7, 11) is 0. The predicted octanol–water partition coefficient (Wildman–Crippen LogP) is 2.73. The molecule has 0 saturated heterocycles. The van der Waals surface area contributed by atoms with Crippen molar-refractivity contribution in [3.05, 3.63) is 0 Å². The van der Waals surface area contributed by atoms with Crippen molar-refractivity contribution in [1.82, 2.24) is 5.32 Å². The zero-order chi connectivity index (χ0) is 10.1. The van der Waals surface area contributed by atoms with Gasteiger partial charge in [-0.3, -0.25) is 0 Å². The van der Waals surface area contributed by atoms with Gasteiger partial charge in [0.15, 0.2) is 0 Å². The van der Waals surface area contributed by atoms with Crippen LogP contribution < -0.4 is 5.32 Å². The lowest BCUT2D eigenvalue weighted by molar-refractivity contribution is 0.143. The van der Waals surface area contributed by atoms with Crippen LogP contribution in [-0.4, -0.2) is 25.8 Å². The quantitative estimate of drug-likeness (QED) is 0.637. The van der Waals surface area contributed by atoms with Gasteiger partial charge >= 0.3 is 0 Å². The summed E-state index contributed by atoms with van der Waals surface area (Å²) < 4.78 is 5.30. The predicted molar refractivity (Wildman–Crippen MR) is 60.6 cm³/mol. The van der Waals surface area contributed by atoms with Crippen LogP contribution in [0.4, 0.5) is 0 Å². The molecule has 0 bridgehead atoms. The van der Waals surface area contributed by atoms with Gasteiger partial charge < -0.3 is 10.1 Å². The maximum atomic E-state index is 5.30. The molecule has 0 spiro atoms. The van der Waals surface area contributed by atoms with Gasteiger partial charge in [-0.1, -0.05) is 19.3 Å². The van der Waals surface area contributed by atoms with Gasteiger partial charge in [-0.15, -0.1) is 0 Å². The van der Waals surface area contributed by atoms with Crippen molar-refractivity contribution in [3.63, 3.8) is 0 Å². The molecule has 2 heteroatoms. The topological polar surface area (TPSA) is 21.3 Å². The molecule has 0 aliphatic heterocycles. The molecule has 14 heavy (non-hydrogen) atoms. The van der Waals surface area contributed by atoms with Crippen LogP contribution in [0.3, 0.4) is 0 Å². The van der Waals surface area contributed by atoms with E-state index in [-0.39, 0.29) is 0 Å². The van der Waals surface area contributed by atoms with Crippen molar-refractivity contribution < 1.29 is 4.74 Å². The normalized spacial score (nSPS) is 18.6. The number of rotatable bonds is 7. The number of hydrogen-bond donors (Lipinski definition) is 1. The molecule has 0 heterocycles. The van der Waals surface area contributed by atoms with E-state index in [0.29, 0.717) is 0 Å². The van der Waals surface area contributed by atoms with Crippen molar-refractivity contribution in [2.45, 2.75) is 57.9 Å². The van der Waals surface area contributed by atoms with Crippen LogP contribution in [-0.2, 0) is 4.74 Å². The first-order valence-electron chi connectivity index (χ1n) is 6.24. The third-order valence-electron chi connectivity index (χ3n) is 2.96. The maximum absolute atomic E-state index is 5.30. The van der Waals surface area contributed by atoms with Gasteiger partial charge in [0.1, 0.15) is 0 Å². The molecule has 0 amide bonds. The van der Waals surface area contributed by atoms with Crippen molar-refractivity contribution in [2.24, 2.45) is 0 Å². The Bertz CT molecular complexity index is 121. The van der Waals surface area contributed by atoms with E-state index in [1.807, 2.05) is 0 Å². The lowest BCUT2D eigenvalue weighted by Gasteiger charge is -2.22. The first-order chi connectivity index (χ1) is 6.93. The number of hydrogen-bond acceptors (Lipinski definition) is 2. The minimum absolute atomic E-state index is 0.816. The average molecular weight is 199 g/mol. The number of ether oxygens (including phenoxy) is 1. The smallest absolute Gasteiger partial charge is 0.0466 e. The van der Waals surface area contributed by atoms with Crippen LogP contribution in [0.2, 0.25) is 0 Å². The highest BCUT2D eigenvalue weighted by Gasteiger charge is 2.11. The van der Waals surface area contributed by atoms with Gasteiger partial charge in [-0.25, -0.2) is 0 Å². The maximum Gasteiger partial charge on any atom is 0.0466 e. The molecule has 0 atom stereocenters. The Morgan fingerprint density at radius 2 is 1.93 bits per heavy atom. The SMILES string of the molecule is CCOCCCCNC1CCCCC1. The first kappa shape index (κ1) is 12.0. The fourth-order valence-corrected chi connectivity index (χ4v) is 2.09. The summed E-state index contributed by atoms with van der Waals surface area (Å²) >= 11 is 0. The van der Waals surface area contributed by atoms with Crippen LogP contribution in [0.25, 0.3) is 0 Å². The Hall–Kier alpha value is -0.0800. The fraction of sp³-hybridized carbons (Fsp3) is 1.00. The number of unbranched alkanes of at least 4 members (excludes halogenated alkanes) is 1. The van der Waals surface area contributed by atoms with E-state index >= 15 is 0 Å². The Labute approximate surface area is 88.4 Å².